The van der Waals surface area contributed by atoms with E-state index in [0.717, 1.165) is 20.3 Å². The zero-order valence-corrected chi connectivity index (χ0v) is 9.82. The highest BCUT2D eigenvalue weighted by Crippen LogP contribution is 2.39. The Morgan fingerprint density at radius 3 is 2.27 bits per heavy atom. The number of benzene rings is 1. The van der Waals surface area contributed by atoms with Gasteiger partial charge in [-0.1, -0.05) is 24.3 Å². The lowest BCUT2D eigenvalue weighted by Gasteiger charge is -1.99. The number of hydrogen-bond acceptors (Lipinski definition) is 2. The molecule has 1 aliphatic carbocycles. The molecule has 2 rings (SSSR count). The lowest BCUT2D eigenvalue weighted by atomic mass is 10.0. The van der Waals surface area contributed by atoms with Gasteiger partial charge >= 0.3 is 0 Å². The van der Waals surface area contributed by atoms with Gasteiger partial charge in [0.05, 0.1) is 0 Å². The number of halogens is 1. The van der Waals surface area contributed by atoms with Crippen molar-refractivity contribution >= 4 is 31.7 Å². The molecular weight excluding hydrogens is 299 g/mol. The van der Waals surface area contributed by atoms with Crippen LogP contribution in [-0.2, 0) is 0 Å². The van der Waals surface area contributed by atoms with Gasteiger partial charge in [-0.05, 0) is 39.8 Å². The molecule has 0 saturated heterocycles. The highest BCUT2D eigenvalue weighted by atomic mass is 127. The molecule has 0 aliphatic heterocycles. The second kappa shape index (κ2) is 3.88. The number of hydrogen-bond donors (Lipinski definition) is 0. The van der Waals surface area contributed by atoms with Gasteiger partial charge in [0.2, 0.25) is 0 Å². The normalized spacial score (nSPS) is 12.5. The Bertz CT molecular complexity index is 552. The fourth-order valence-corrected chi connectivity index (χ4v) is 2.34. The SMILES string of the molecule is N#CC(C#N)=C1C=C(I)c2ccccc21. The molecule has 0 bridgehead atoms. The van der Waals surface area contributed by atoms with Gasteiger partial charge < -0.3 is 0 Å². The van der Waals surface area contributed by atoms with E-state index in [1.165, 1.54) is 0 Å². The van der Waals surface area contributed by atoms with E-state index in [1.807, 2.05) is 42.5 Å². The molecule has 2 nitrogen and oxygen atoms in total. The summed E-state index contributed by atoms with van der Waals surface area (Å²) in [4.78, 5) is 0. The second-order valence-electron chi connectivity index (χ2n) is 3.05. The monoisotopic (exact) mass is 304 g/mol. The Morgan fingerprint density at radius 2 is 1.67 bits per heavy atom. The molecule has 0 saturated carbocycles. The molecular formula is C12H5IN2. The minimum Gasteiger partial charge on any atom is -0.192 e. The van der Waals surface area contributed by atoms with E-state index in [-0.39, 0.29) is 5.57 Å². The molecule has 15 heavy (non-hydrogen) atoms. The van der Waals surface area contributed by atoms with E-state index in [0.29, 0.717) is 0 Å². The minimum atomic E-state index is 0.175. The Balaban J connectivity index is 2.75. The van der Waals surface area contributed by atoms with Crippen LogP contribution in [0.3, 0.4) is 0 Å². The van der Waals surface area contributed by atoms with Gasteiger partial charge in [0.25, 0.3) is 0 Å². The summed E-state index contributed by atoms with van der Waals surface area (Å²) in [5, 5.41) is 17.7. The maximum absolute atomic E-state index is 8.84. The summed E-state index contributed by atoms with van der Waals surface area (Å²) in [5.41, 5.74) is 2.98. The van der Waals surface area contributed by atoms with Crippen molar-refractivity contribution in [3.05, 3.63) is 47.0 Å². The van der Waals surface area contributed by atoms with Crippen LogP contribution in [0.4, 0.5) is 0 Å². The zero-order valence-electron chi connectivity index (χ0n) is 7.66. The summed E-state index contributed by atoms with van der Waals surface area (Å²) < 4.78 is 1.07. The highest BCUT2D eigenvalue weighted by molar-refractivity contribution is 14.1. The Kier molecular flexibility index (Phi) is 2.57. The van der Waals surface area contributed by atoms with Gasteiger partial charge in [0.15, 0.2) is 0 Å². The number of allylic oxidation sites excluding steroid dienone is 3. The molecule has 1 aromatic rings. The maximum Gasteiger partial charge on any atom is 0.137 e. The van der Waals surface area contributed by atoms with E-state index < -0.39 is 0 Å². The molecule has 0 heterocycles. The summed E-state index contributed by atoms with van der Waals surface area (Å²) >= 11 is 2.21. The first-order valence-corrected chi connectivity index (χ1v) is 5.37. The number of fused-ring (bicyclic) bond motifs is 1. The molecule has 0 unspecified atom stereocenters. The molecule has 0 atom stereocenters. The molecule has 0 amide bonds. The van der Waals surface area contributed by atoms with Crippen molar-refractivity contribution < 1.29 is 0 Å². The van der Waals surface area contributed by atoms with E-state index in [1.54, 1.807) is 0 Å². The van der Waals surface area contributed by atoms with Crippen LogP contribution >= 0.6 is 22.6 Å². The number of rotatable bonds is 0. The first kappa shape index (κ1) is 9.95. The quantitative estimate of drug-likeness (QED) is 0.545. The smallest absolute Gasteiger partial charge is 0.137 e. The van der Waals surface area contributed by atoms with Crippen molar-refractivity contribution in [1.29, 1.82) is 10.5 Å². The van der Waals surface area contributed by atoms with Gasteiger partial charge in [-0.2, -0.15) is 10.5 Å². The average molecular weight is 304 g/mol. The topological polar surface area (TPSA) is 47.6 Å². The highest BCUT2D eigenvalue weighted by Gasteiger charge is 2.18. The lowest BCUT2D eigenvalue weighted by Crippen LogP contribution is -1.84. The Labute approximate surface area is 101 Å². The van der Waals surface area contributed by atoms with Crippen molar-refractivity contribution in [3.8, 4) is 12.1 Å². The maximum atomic E-state index is 8.84. The average Bonchev–Trinajstić information content (AvgIpc) is 2.60. The summed E-state index contributed by atoms with van der Waals surface area (Å²) in [7, 11) is 0. The minimum absolute atomic E-state index is 0.175. The van der Waals surface area contributed by atoms with Crippen LogP contribution in [0.1, 0.15) is 11.1 Å². The summed E-state index contributed by atoms with van der Waals surface area (Å²) in [6.45, 7) is 0. The molecule has 1 aliphatic rings. The predicted molar refractivity (Wildman–Crippen MR) is 66.6 cm³/mol. The van der Waals surface area contributed by atoms with Crippen molar-refractivity contribution in [1.82, 2.24) is 0 Å². The lowest BCUT2D eigenvalue weighted by molar-refractivity contribution is 1.46. The van der Waals surface area contributed by atoms with Gasteiger partial charge in [-0.25, -0.2) is 0 Å². The standard InChI is InChI=1S/C12H5IN2/c13-12-5-11(8(6-14)7-15)9-3-1-2-4-10(9)12/h1-5H. The fourth-order valence-electron chi connectivity index (χ4n) is 1.56. The third-order valence-corrected chi connectivity index (χ3v) is 3.13. The summed E-state index contributed by atoms with van der Waals surface area (Å²) in [5.74, 6) is 0. The van der Waals surface area contributed by atoms with Crippen LogP contribution in [0.15, 0.2) is 35.9 Å². The van der Waals surface area contributed by atoms with Crippen LogP contribution < -0.4 is 0 Å². The first-order chi connectivity index (χ1) is 7.27. The zero-order chi connectivity index (χ0) is 10.8. The number of nitrogens with zero attached hydrogens (tertiary/aromatic N) is 2. The molecule has 0 aromatic heterocycles. The first-order valence-electron chi connectivity index (χ1n) is 4.29. The van der Waals surface area contributed by atoms with Crippen molar-refractivity contribution in [2.24, 2.45) is 0 Å². The van der Waals surface area contributed by atoms with Gasteiger partial charge in [-0.15, -0.1) is 0 Å². The molecule has 3 heteroatoms. The summed E-state index contributed by atoms with van der Waals surface area (Å²) in [6.07, 6.45) is 1.88. The molecule has 70 valence electrons. The van der Waals surface area contributed by atoms with Gasteiger partial charge in [0.1, 0.15) is 17.7 Å². The van der Waals surface area contributed by atoms with Crippen LogP contribution in [0, 0.1) is 22.7 Å². The Hall–Kier alpha value is -1.59. The largest absolute Gasteiger partial charge is 0.192 e. The summed E-state index contributed by atoms with van der Waals surface area (Å²) in [6, 6.07) is 11.6. The van der Waals surface area contributed by atoms with Crippen LogP contribution in [0.2, 0.25) is 0 Å². The molecule has 0 spiro atoms. The molecule has 0 radical (unpaired) electrons. The second-order valence-corrected chi connectivity index (χ2v) is 4.21. The van der Waals surface area contributed by atoms with E-state index in [4.69, 9.17) is 10.5 Å². The van der Waals surface area contributed by atoms with Gasteiger partial charge in [0, 0.05) is 9.15 Å². The third kappa shape index (κ3) is 1.55. The van der Waals surface area contributed by atoms with Gasteiger partial charge in [-0.3, -0.25) is 0 Å². The van der Waals surface area contributed by atoms with Crippen molar-refractivity contribution in [2.75, 3.05) is 0 Å². The molecule has 1 aromatic carbocycles. The predicted octanol–water partition coefficient (Wildman–Crippen LogP) is 3.28. The molecule has 0 fully saturated rings. The number of nitriles is 2. The van der Waals surface area contributed by atoms with E-state index in [9.17, 15) is 0 Å². The molecule has 0 N–H and O–H groups in total. The van der Waals surface area contributed by atoms with Crippen LogP contribution in [0.5, 0.6) is 0 Å². The third-order valence-electron chi connectivity index (χ3n) is 2.24. The Morgan fingerprint density at radius 1 is 1.07 bits per heavy atom. The van der Waals surface area contributed by atoms with Crippen LogP contribution in [-0.4, -0.2) is 0 Å². The van der Waals surface area contributed by atoms with E-state index >= 15 is 0 Å². The fraction of sp³-hybridized carbons (Fsp3) is 0. The van der Waals surface area contributed by atoms with Crippen molar-refractivity contribution in [3.63, 3.8) is 0 Å². The van der Waals surface area contributed by atoms with Crippen molar-refractivity contribution in [2.45, 2.75) is 0 Å². The van der Waals surface area contributed by atoms with Crippen LogP contribution in [0.25, 0.3) is 9.15 Å². The van der Waals surface area contributed by atoms with E-state index in [2.05, 4.69) is 22.6 Å².